The van der Waals surface area contributed by atoms with Crippen LogP contribution >= 0.6 is 0 Å². The van der Waals surface area contributed by atoms with Gasteiger partial charge in [0.1, 0.15) is 23.7 Å². The number of fused-ring (bicyclic) bond motifs is 1. The van der Waals surface area contributed by atoms with E-state index in [-0.39, 0.29) is 17.1 Å². The zero-order valence-electron chi connectivity index (χ0n) is 18.3. The molecule has 1 aromatic heterocycles. The van der Waals surface area contributed by atoms with Gasteiger partial charge in [0.2, 0.25) is 34.7 Å². The predicted octanol–water partition coefficient (Wildman–Crippen LogP) is 0.117. The Morgan fingerprint density at radius 3 is 2.20 bits per heavy atom. The minimum absolute atomic E-state index is 0.00275. The molecule has 4 rings (SSSR count). The first-order valence-corrected chi connectivity index (χ1v) is 10.1. The number of methoxy groups -OCH3 is 2. The molecule has 35 heavy (non-hydrogen) atoms. The molecule has 1 aliphatic rings. The Balaban J connectivity index is 2.03. The van der Waals surface area contributed by atoms with E-state index >= 15 is 0 Å². The van der Waals surface area contributed by atoms with Gasteiger partial charge in [-0.25, -0.2) is 0 Å². The minimum Gasteiger partial charge on any atom is -0.504 e. The molecule has 13 heteroatoms. The standard InChI is InChI=1S/C22H22O13/c1-31-19-13(27)11-14(28)21(35-22-15(29)12(26)10(25)6-33-22)17(7-3-4-8(23)9(24)5-7)34-18(11)20(32-2)16(19)30/h3-5,10,12,15,22-27,29-30H,6H2,1-2H3/t10-,12-,15+,22-/m0/s1. The molecule has 188 valence electrons. The number of aromatic hydroxyl groups is 4. The average Bonchev–Trinajstić information content (AvgIpc) is 2.82. The lowest BCUT2D eigenvalue weighted by Gasteiger charge is -2.34. The highest BCUT2D eigenvalue weighted by Crippen LogP contribution is 2.50. The van der Waals surface area contributed by atoms with E-state index in [1.165, 1.54) is 13.2 Å². The number of benzene rings is 2. The fourth-order valence-electron chi connectivity index (χ4n) is 3.67. The summed E-state index contributed by atoms with van der Waals surface area (Å²) in [6.07, 6.45) is -6.51. The van der Waals surface area contributed by atoms with Crippen LogP contribution in [0.4, 0.5) is 0 Å². The third kappa shape index (κ3) is 3.89. The molecule has 7 N–H and O–H groups in total. The molecule has 2 aromatic carbocycles. The first-order valence-electron chi connectivity index (χ1n) is 10.1. The molecule has 2 heterocycles. The molecule has 0 radical (unpaired) electrons. The summed E-state index contributed by atoms with van der Waals surface area (Å²) in [5.74, 6) is -4.39. The van der Waals surface area contributed by atoms with Crippen LogP contribution in [0, 0.1) is 0 Å². The third-order valence-electron chi connectivity index (χ3n) is 5.49. The second kappa shape index (κ2) is 9.03. The van der Waals surface area contributed by atoms with E-state index in [2.05, 4.69) is 0 Å². The molecule has 4 atom stereocenters. The van der Waals surface area contributed by atoms with E-state index in [1.54, 1.807) is 0 Å². The highest BCUT2D eigenvalue weighted by molar-refractivity contribution is 5.96. The van der Waals surface area contributed by atoms with E-state index in [9.17, 15) is 40.5 Å². The fraction of sp³-hybridized carbons (Fsp3) is 0.318. The Morgan fingerprint density at radius 1 is 0.886 bits per heavy atom. The lowest BCUT2D eigenvalue weighted by atomic mass is 10.0. The van der Waals surface area contributed by atoms with Crippen molar-refractivity contribution < 1.29 is 59.1 Å². The number of aliphatic hydroxyl groups excluding tert-OH is 3. The normalized spacial score (nSPS) is 22.2. The summed E-state index contributed by atoms with van der Waals surface area (Å²) < 4.78 is 26.7. The van der Waals surface area contributed by atoms with Crippen molar-refractivity contribution >= 4 is 11.0 Å². The van der Waals surface area contributed by atoms with Crippen LogP contribution in [-0.4, -0.2) is 81.2 Å². The van der Waals surface area contributed by atoms with E-state index in [0.717, 1.165) is 19.2 Å². The molecule has 1 fully saturated rings. The van der Waals surface area contributed by atoms with Gasteiger partial charge in [-0.2, -0.15) is 0 Å². The maximum Gasteiger partial charge on any atom is 0.239 e. The van der Waals surface area contributed by atoms with Crippen molar-refractivity contribution in [3.05, 3.63) is 28.4 Å². The summed E-state index contributed by atoms with van der Waals surface area (Å²) in [5, 5.41) is 70.1. The summed E-state index contributed by atoms with van der Waals surface area (Å²) in [5.41, 5.74) is -1.44. The van der Waals surface area contributed by atoms with Crippen molar-refractivity contribution in [2.45, 2.75) is 24.6 Å². The van der Waals surface area contributed by atoms with Crippen molar-refractivity contribution in [3.63, 3.8) is 0 Å². The highest BCUT2D eigenvalue weighted by atomic mass is 16.7. The molecule has 1 aliphatic heterocycles. The SMILES string of the molecule is COc1c(O)c(OC)c2oc(-c3ccc(O)c(O)c3)c(O[C@@H]3OC[C@H](O)[C@H](O)[C@H]3O)c(=O)c2c1O. The Labute approximate surface area is 196 Å². The first kappa shape index (κ1) is 24.2. The Morgan fingerprint density at radius 2 is 1.57 bits per heavy atom. The first-order chi connectivity index (χ1) is 16.6. The van der Waals surface area contributed by atoms with Gasteiger partial charge in [0.25, 0.3) is 0 Å². The Bertz CT molecular complexity index is 1330. The van der Waals surface area contributed by atoms with Crippen molar-refractivity contribution in [2.75, 3.05) is 20.8 Å². The summed E-state index contributed by atoms with van der Waals surface area (Å²) >= 11 is 0. The van der Waals surface area contributed by atoms with Crippen molar-refractivity contribution in [3.8, 4) is 51.6 Å². The number of hydrogen-bond acceptors (Lipinski definition) is 13. The van der Waals surface area contributed by atoms with Gasteiger partial charge < -0.3 is 59.1 Å². The van der Waals surface area contributed by atoms with Gasteiger partial charge >= 0.3 is 0 Å². The van der Waals surface area contributed by atoms with Crippen LogP contribution in [0.5, 0.6) is 40.2 Å². The lowest BCUT2D eigenvalue weighted by Crippen LogP contribution is -2.55. The fourth-order valence-corrected chi connectivity index (χ4v) is 3.67. The van der Waals surface area contributed by atoms with Gasteiger partial charge in [0, 0.05) is 5.56 Å². The van der Waals surface area contributed by atoms with Crippen LogP contribution in [0.2, 0.25) is 0 Å². The van der Waals surface area contributed by atoms with Gasteiger partial charge in [0.15, 0.2) is 28.6 Å². The number of ether oxygens (including phenoxy) is 4. The lowest BCUT2D eigenvalue weighted by molar-refractivity contribution is -0.242. The summed E-state index contributed by atoms with van der Waals surface area (Å²) in [7, 11) is 2.30. The summed E-state index contributed by atoms with van der Waals surface area (Å²) in [4.78, 5) is 13.6. The summed E-state index contributed by atoms with van der Waals surface area (Å²) in [6, 6.07) is 3.40. The van der Waals surface area contributed by atoms with E-state index in [4.69, 9.17) is 23.4 Å². The molecule has 0 unspecified atom stereocenters. The van der Waals surface area contributed by atoms with Gasteiger partial charge in [-0.1, -0.05) is 0 Å². The molecule has 0 saturated carbocycles. The second-order valence-electron chi connectivity index (χ2n) is 7.63. The van der Waals surface area contributed by atoms with Gasteiger partial charge in [-0.3, -0.25) is 4.79 Å². The Kier molecular flexibility index (Phi) is 6.25. The zero-order valence-corrected chi connectivity index (χ0v) is 18.3. The maximum absolute atomic E-state index is 13.6. The van der Waals surface area contributed by atoms with Crippen LogP contribution in [0.25, 0.3) is 22.3 Å². The zero-order chi connectivity index (χ0) is 25.6. The summed E-state index contributed by atoms with van der Waals surface area (Å²) in [6.45, 7) is -0.433. The second-order valence-corrected chi connectivity index (χ2v) is 7.63. The van der Waals surface area contributed by atoms with Crippen LogP contribution in [0.1, 0.15) is 0 Å². The van der Waals surface area contributed by atoms with Crippen molar-refractivity contribution in [1.82, 2.24) is 0 Å². The molecule has 3 aromatic rings. The number of aliphatic hydroxyl groups is 3. The van der Waals surface area contributed by atoms with E-state index < -0.39 is 82.1 Å². The quantitative estimate of drug-likeness (QED) is 0.235. The maximum atomic E-state index is 13.6. The number of phenols is 4. The number of phenolic OH excluding ortho intramolecular Hbond substituents is 4. The van der Waals surface area contributed by atoms with Crippen molar-refractivity contribution in [2.24, 2.45) is 0 Å². The number of hydrogen-bond donors (Lipinski definition) is 7. The van der Waals surface area contributed by atoms with E-state index in [1.807, 2.05) is 0 Å². The van der Waals surface area contributed by atoms with Crippen LogP contribution in [0.15, 0.2) is 27.4 Å². The topological polar surface area (TPSA) is 209 Å². The van der Waals surface area contributed by atoms with Crippen molar-refractivity contribution in [1.29, 1.82) is 0 Å². The van der Waals surface area contributed by atoms with Crippen LogP contribution < -0.4 is 19.6 Å². The average molecular weight is 494 g/mol. The van der Waals surface area contributed by atoms with E-state index in [0.29, 0.717) is 0 Å². The minimum atomic E-state index is -1.78. The largest absolute Gasteiger partial charge is 0.504 e. The molecule has 0 aliphatic carbocycles. The smallest absolute Gasteiger partial charge is 0.239 e. The monoisotopic (exact) mass is 494 g/mol. The predicted molar refractivity (Wildman–Crippen MR) is 116 cm³/mol. The van der Waals surface area contributed by atoms with Gasteiger partial charge in [0.05, 0.1) is 20.8 Å². The van der Waals surface area contributed by atoms with Gasteiger partial charge in [-0.05, 0) is 18.2 Å². The number of rotatable bonds is 5. The molecule has 13 nitrogen and oxygen atoms in total. The highest BCUT2D eigenvalue weighted by Gasteiger charge is 2.40. The van der Waals surface area contributed by atoms with Crippen LogP contribution in [0.3, 0.4) is 0 Å². The molecule has 0 bridgehead atoms. The molecular weight excluding hydrogens is 472 g/mol. The van der Waals surface area contributed by atoms with Crippen LogP contribution in [-0.2, 0) is 4.74 Å². The molecule has 0 spiro atoms. The van der Waals surface area contributed by atoms with Gasteiger partial charge in [-0.15, -0.1) is 0 Å². The Hall–Kier alpha value is -3.91. The molecule has 0 amide bonds. The molecule has 1 saturated heterocycles. The molecular formula is C22H22O13. The third-order valence-corrected chi connectivity index (χ3v) is 5.49.